The van der Waals surface area contributed by atoms with Gasteiger partial charge in [-0.2, -0.15) is 29.9 Å². The molecule has 24 nitrogen and oxygen atoms in total. The molecule has 0 spiro atoms. The molecule has 2 aromatic heterocycles. The van der Waals surface area contributed by atoms with Gasteiger partial charge < -0.3 is 5.11 Å². The molecule has 2 heterocycles. The van der Waals surface area contributed by atoms with Crippen LogP contribution in [0.3, 0.4) is 0 Å². The van der Waals surface area contributed by atoms with E-state index in [1.165, 1.54) is 83.3 Å². The van der Waals surface area contributed by atoms with Crippen molar-refractivity contribution in [2.24, 2.45) is 0 Å². The van der Waals surface area contributed by atoms with Gasteiger partial charge >= 0.3 is 0 Å². The van der Waals surface area contributed by atoms with Crippen LogP contribution in [0.15, 0.2) is 0 Å². The molecule has 0 aliphatic heterocycles. The van der Waals surface area contributed by atoms with E-state index in [-0.39, 0.29) is 48.8 Å². The summed E-state index contributed by atoms with van der Waals surface area (Å²) in [4.78, 5) is 79.2. The molecule has 0 aliphatic rings. The van der Waals surface area contributed by atoms with Crippen LogP contribution in [-0.4, -0.2) is 126 Å². The summed E-state index contributed by atoms with van der Waals surface area (Å²) < 4.78 is 0. The number of anilines is 6. The summed E-state index contributed by atoms with van der Waals surface area (Å²) in [5.41, 5.74) is 0. The predicted octanol–water partition coefficient (Wildman–Crippen LogP) is -1.25. The Morgan fingerprint density at radius 3 is 0.744 bits per heavy atom. The van der Waals surface area contributed by atoms with E-state index in [9.17, 15) is 0 Å². The molecule has 2 aromatic rings. The highest BCUT2D eigenvalue weighted by Crippen LogP contribution is 2.21. The third kappa shape index (κ3) is 10.5. The normalized spacial score (nSPS) is 10.6. The summed E-state index contributed by atoms with van der Waals surface area (Å²) in [6.07, 6.45) is 0. The fourth-order valence-electron chi connectivity index (χ4n) is 2.76. The lowest BCUT2D eigenvalue weighted by Gasteiger charge is -2.23. The van der Waals surface area contributed by atoms with Crippen LogP contribution >= 0.6 is 0 Å². The van der Waals surface area contributed by atoms with Crippen molar-refractivity contribution in [1.82, 2.24) is 29.9 Å². The molecule has 0 amide bonds. The number of aliphatic hydroxyl groups excluding tert-OH is 1. The third-order valence-electron chi connectivity index (χ3n) is 4.42. The standard InChI is InChI=1S/C10H20N6O6.C9H18N6O6/c1-18-14(6-7-17)8-11-9(15(19-2)20-3)13-10(12-8)16(21-4)22-5;1-16-13(17-2)7-10-8(14(18-3)19-4)12-9(11-7)15(20-5)21-6/h17H,6-7H2,1-5H3;1-6H3. The molecule has 0 aromatic carbocycles. The van der Waals surface area contributed by atoms with E-state index in [1.54, 1.807) is 0 Å². The van der Waals surface area contributed by atoms with Crippen LogP contribution in [0.5, 0.6) is 0 Å². The van der Waals surface area contributed by atoms with Crippen molar-refractivity contribution >= 4 is 35.7 Å². The van der Waals surface area contributed by atoms with Crippen molar-refractivity contribution in [2.45, 2.75) is 0 Å². The van der Waals surface area contributed by atoms with Crippen LogP contribution < -0.4 is 31.2 Å². The Labute approximate surface area is 247 Å². The zero-order valence-electron chi connectivity index (χ0n) is 25.7. The smallest absolute Gasteiger partial charge is 0.284 e. The molecule has 0 atom stereocenters. The number of nitrogens with zero attached hydrogens (tertiary/aromatic N) is 12. The first-order chi connectivity index (χ1) is 20.8. The van der Waals surface area contributed by atoms with Crippen molar-refractivity contribution < 1.29 is 58.3 Å². The Kier molecular flexibility index (Phi) is 17.6. The van der Waals surface area contributed by atoms with Crippen LogP contribution in [0.2, 0.25) is 0 Å². The topological polar surface area (TPSA) is 219 Å². The van der Waals surface area contributed by atoms with Crippen molar-refractivity contribution in [2.75, 3.05) is 123 Å². The average molecular weight is 627 g/mol. The Balaban J connectivity index is 0.000000430. The molecule has 43 heavy (non-hydrogen) atoms. The number of aromatic nitrogens is 6. The lowest BCUT2D eigenvalue weighted by molar-refractivity contribution is -0.0576. The average Bonchev–Trinajstić information content (AvgIpc) is 3.03. The summed E-state index contributed by atoms with van der Waals surface area (Å²) in [5, 5.41) is 15.0. The first-order valence-corrected chi connectivity index (χ1v) is 11.7. The first kappa shape index (κ1) is 37.4. The summed E-state index contributed by atoms with van der Waals surface area (Å²) in [7, 11) is 15.2. The number of hydroxylamine groups is 1. The van der Waals surface area contributed by atoms with Crippen LogP contribution in [0.1, 0.15) is 0 Å². The van der Waals surface area contributed by atoms with Gasteiger partial charge in [0.25, 0.3) is 35.7 Å². The number of rotatable bonds is 19. The van der Waals surface area contributed by atoms with Crippen LogP contribution in [0.4, 0.5) is 35.7 Å². The number of hydrogen-bond donors (Lipinski definition) is 1. The zero-order chi connectivity index (χ0) is 32.4. The van der Waals surface area contributed by atoms with Crippen LogP contribution in [-0.2, 0) is 53.2 Å². The van der Waals surface area contributed by atoms with Gasteiger partial charge in [0.05, 0.1) is 91.4 Å². The van der Waals surface area contributed by atoms with Gasteiger partial charge in [-0.3, -0.25) is 4.84 Å². The molecule has 0 aliphatic carbocycles. The zero-order valence-corrected chi connectivity index (χ0v) is 25.7. The predicted molar refractivity (Wildman–Crippen MR) is 144 cm³/mol. The largest absolute Gasteiger partial charge is 0.394 e. The summed E-state index contributed by atoms with van der Waals surface area (Å²) in [6, 6.07) is 0. The third-order valence-corrected chi connectivity index (χ3v) is 4.42. The van der Waals surface area contributed by atoms with Crippen molar-refractivity contribution in [1.29, 1.82) is 0 Å². The quantitative estimate of drug-likeness (QED) is 0.180. The maximum Gasteiger partial charge on any atom is 0.284 e. The van der Waals surface area contributed by atoms with Gasteiger partial charge in [0.15, 0.2) is 0 Å². The molecule has 246 valence electrons. The van der Waals surface area contributed by atoms with E-state index in [0.717, 1.165) is 26.1 Å². The first-order valence-electron chi connectivity index (χ1n) is 11.7. The highest BCUT2D eigenvalue weighted by atomic mass is 17.0. The summed E-state index contributed by atoms with van der Waals surface area (Å²) >= 11 is 0. The highest BCUT2D eigenvalue weighted by molar-refractivity contribution is 5.42. The maximum absolute atomic E-state index is 9.06. The second-order valence-corrected chi connectivity index (χ2v) is 6.59. The van der Waals surface area contributed by atoms with Gasteiger partial charge in [0, 0.05) is 0 Å². The van der Waals surface area contributed by atoms with Gasteiger partial charge in [-0.1, -0.05) is 26.1 Å². The molecule has 0 unspecified atom stereocenters. The Morgan fingerprint density at radius 2 is 0.581 bits per heavy atom. The summed E-state index contributed by atoms with van der Waals surface area (Å²) in [6.45, 7) is -0.0277. The van der Waals surface area contributed by atoms with Crippen molar-refractivity contribution in [3.63, 3.8) is 0 Å². The number of hydrogen-bond acceptors (Lipinski definition) is 24. The fourth-order valence-corrected chi connectivity index (χ4v) is 2.76. The van der Waals surface area contributed by atoms with Gasteiger partial charge in [-0.25, -0.2) is 53.4 Å². The van der Waals surface area contributed by atoms with Gasteiger partial charge in [0.1, 0.15) is 0 Å². The van der Waals surface area contributed by atoms with Crippen LogP contribution in [0, 0.1) is 0 Å². The van der Waals surface area contributed by atoms with Crippen LogP contribution in [0.25, 0.3) is 0 Å². The second kappa shape index (κ2) is 20.3. The minimum absolute atomic E-state index is 0.0122. The molecule has 0 radical (unpaired) electrons. The van der Waals surface area contributed by atoms with E-state index in [0.29, 0.717) is 0 Å². The Bertz CT molecular complexity index is 926. The minimum Gasteiger partial charge on any atom is -0.394 e. The molecular formula is C19H38N12O12. The van der Waals surface area contributed by atoms with Gasteiger partial charge in [0.2, 0.25) is 0 Å². The van der Waals surface area contributed by atoms with E-state index < -0.39 is 0 Å². The molecule has 2 rings (SSSR count). The second-order valence-electron chi connectivity index (χ2n) is 6.59. The summed E-state index contributed by atoms with van der Waals surface area (Å²) in [5.74, 6) is 0.164. The fraction of sp³-hybridized carbons (Fsp3) is 0.684. The lowest BCUT2D eigenvalue weighted by Crippen LogP contribution is -2.31. The minimum atomic E-state index is -0.166. The molecule has 24 heteroatoms. The maximum atomic E-state index is 9.06. The number of aliphatic hydroxyl groups is 1. The molecule has 1 N–H and O–H groups in total. The van der Waals surface area contributed by atoms with E-state index >= 15 is 0 Å². The van der Waals surface area contributed by atoms with Gasteiger partial charge in [-0.05, 0) is 0 Å². The van der Waals surface area contributed by atoms with E-state index in [2.05, 4.69) is 29.9 Å². The molecule has 0 saturated carbocycles. The Hall–Kier alpha value is -3.66. The SMILES string of the molecule is CON(CCO)c1nc(N(OC)OC)nc(N(OC)OC)n1.CON(OC)c1nc(N(OC)OC)nc(N(OC)OC)n1. The van der Waals surface area contributed by atoms with Crippen molar-refractivity contribution in [3.05, 3.63) is 0 Å². The lowest BCUT2D eigenvalue weighted by atomic mass is 10.6. The monoisotopic (exact) mass is 626 g/mol. The van der Waals surface area contributed by atoms with E-state index in [1.807, 2.05) is 0 Å². The van der Waals surface area contributed by atoms with E-state index in [4.69, 9.17) is 58.3 Å². The highest BCUT2D eigenvalue weighted by Gasteiger charge is 2.23. The molecule has 0 bridgehead atoms. The Morgan fingerprint density at radius 1 is 0.372 bits per heavy atom. The molecule has 0 saturated heterocycles. The molecule has 0 fully saturated rings. The molecular weight excluding hydrogens is 588 g/mol. The van der Waals surface area contributed by atoms with Crippen molar-refractivity contribution in [3.8, 4) is 0 Å². The van der Waals surface area contributed by atoms with Gasteiger partial charge in [-0.15, -0.1) is 0 Å².